The summed E-state index contributed by atoms with van der Waals surface area (Å²) < 4.78 is 0. The third-order valence-electron chi connectivity index (χ3n) is 4.82. The Morgan fingerprint density at radius 2 is 1.92 bits per heavy atom. The first-order valence-corrected chi connectivity index (χ1v) is 8.80. The number of H-pyrrole nitrogens is 1. The second kappa shape index (κ2) is 7.66. The van der Waals surface area contributed by atoms with E-state index >= 15 is 0 Å². The summed E-state index contributed by atoms with van der Waals surface area (Å²) in [5.41, 5.74) is 3.42. The minimum Gasteiger partial charge on any atom is -0.364 e. The quantitative estimate of drug-likeness (QED) is 0.934. The molecule has 1 amide bonds. The SMILES string of the molecule is Cc1cc(=O)c(C(=O)N2CCCN(Cc3ccccc3C)CC2)c[nH]1. The van der Waals surface area contributed by atoms with E-state index in [1.807, 2.05) is 6.92 Å². The molecule has 1 aromatic carbocycles. The van der Waals surface area contributed by atoms with E-state index in [1.165, 1.54) is 23.4 Å². The first-order chi connectivity index (χ1) is 12.0. The summed E-state index contributed by atoms with van der Waals surface area (Å²) in [5.74, 6) is -0.168. The number of aryl methyl sites for hydroxylation is 2. The van der Waals surface area contributed by atoms with E-state index < -0.39 is 0 Å². The summed E-state index contributed by atoms with van der Waals surface area (Å²) in [6.07, 6.45) is 2.46. The van der Waals surface area contributed by atoms with Gasteiger partial charge in [0, 0.05) is 50.7 Å². The van der Waals surface area contributed by atoms with Gasteiger partial charge in [0.15, 0.2) is 5.43 Å². The summed E-state index contributed by atoms with van der Waals surface area (Å²) in [7, 11) is 0. The highest BCUT2D eigenvalue weighted by atomic mass is 16.2. The molecule has 2 heterocycles. The molecule has 1 N–H and O–H groups in total. The van der Waals surface area contributed by atoms with Crippen LogP contribution in [0.4, 0.5) is 0 Å². The van der Waals surface area contributed by atoms with E-state index in [1.54, 1.807) is 4.90 Å². The van der Waals surface area contributed by atoms with E-state index in [-0.39, 0.29) is 16.9 Å². The number of hydrogen-bond acceptors (Lipinski definition) is 3. The molecule has 0 bridgehead atoms. The number of hydrogen-bond donors (Lipinski definition) is 1. The van der Waals surface area contributed by atoms with Crippen molar-refractivity contribution in [2.24, 2.45) is 0 Å². The molecule has 5 heteroatoms. The van der Waals surface area contributed by atoms with Gasteiger partial charge in [0.25, 0.3) is 5.91 Å². The summed E-state index contributed by atoms with van der Waals surface area (Å²) in [4.78, 5) is 31.9. The molecule has 3 rings (SSSR count). The highest BCUT2D eigenvalue weighted by Gasteiger charge is 2.22. The number of amides is 1. The Kier molecular flexibility index (Phi) is 5.34. The Morgan fingerprint density at radius 3 is 2.68 bits per heavy atom. The number of carbonyl (C=O) groups excluding carboxylic acids is 1. The van der Waals surface area contributed by atoms with Gasteiger partial charge in [-0.05, 0) is 31.4 Å². The largest absolute Gasteiger partial charge is 0.364 e. The van der Waals surface area contributed by atoms with Crippen LogP contribution in [-0.4, -0.2) is 46.9 Å². The summed E-state index contributed by atoms with van der Waals surface area (Å²) in [5, 5.41) is 0. The molecule has 0 atom stereocenters. The van der Waals surface area contributed by atoms with Crippen LogP contribution in [0.15, 0.2) is 41.3 Å². The zero-order valence-electron chi connectivity index (χ0n) is 14.9. The normalized spacial score (nSPS) is 15.8. The van der Waals surface area contributed by atoms with Crippen molar-refractivity contribution in [2.45, 2.75) is 26.8 Å². The highest BCUT2D eigenvalue weighted by Crippen LogP contribution is 2.13. The van der Waals surface area contributed by atoms with Crippen LogP contribution < -0.4 is 5.43 Å². The molecule has 1 saturated heterocycles. The van der Waals surface area contributed by atoms with Crippen LogP contribution in [-0.2, 0) is 6.54 Å². The van der Waals surface area contributed by atoms with E-state index in [4.69, 9.17) is 0 Å². The number of pyridine rings is 1. The van der Waals surface area contributed by atoms with Gasteiger partial charge in [-0.25, -0.2) is 0 Å². The van der Waals surface area contributed by atoms with Gasteiger partial charge in [0.2, 0.25) is 0 Å². The fourth-order valence-electron chi connectivity index (χ4n) is 3.27. The summed E-state index contributed by atoms with van der Waals surface area (Å²) in [6.45, 7) is 7.97. The van der Waals surface area contributed by atoms with Crippen molar-refractivity contribution in [2.75, 3.05) is 26.2 Å². The van der Waals surface area contributed by atoms with Gasteiger partial charge in [-0.1, -0.05) is 24.3 Å². The first kappa shape index (κ1) is 17.4. The monoisotopic (exact) mass is 339 g/mol. The molecular formula is C20H25N3O2. The smallest absolute Gasteiger partial charge is 0.259 e. The maximum Gasteiger partial charge on any atom is 0.259 e. The van der Waals surface area contributed by atoms with Crippen LogP contribution in [0, 0.1) is 13.8 Å². The molecule has 0 radical (unpaired) electrons. The van der Waals surface area contributed by atoms with Crippen molar-refractivity contribution in [1.82, 2.24) is 14.8 Å². The van der Waals surface area contributed by atoms with E-state index in [0.29, 0.717) is 13.1 Å². The Balaban J connectivity index is 1.66. The molecule has 25 heavy (non-hydrogen) atoms. The molecule has 0 saturated carbocycles. The predicted molar refractivity (Wildman–Crippen MR) is 98.8 cm³/mol. The van der Waals surface area contributed by atoms with Crippen LogP contribution in [0.1, 0.15) is 33.6 Å². The zero-order chi connectivity index (χ0) is 17.8. The topological polar surface area (TPSA) is 56.4 Å². The first-order valence-electron chi connectivity index (χ1n) is 8.80. The number of aromatic nitrogens is 1. The second-order valence-electron chi connectivity index (χ2n) is 6.74. The lowest BCUT2D eigenvalue weighted by Gasteiger charge is -2.22. The Bertz CT molecular complexity index is 813. The average molecular weight is 339 g/mol. The average Bonchev–Trinajstić information content (AvgIpc) is 2.82. The third kappa shape index (κ3) is 4.17. The molecule has 1 aliphatic rings. The molecule has 5 nitrogen and oxygen atoms in total. The van der Waals surface area contributed by atoms with Crippen molar-refractivity contribution in [3.63, 3.8) is 0 Å². The predicted octanol–water partition coefficient (Wildman–Crippen LogP) is 2.34. The van der Waals surface area contributed by atoms with Crippen molar-refractivity contribution < 1.29 is 4.79 Å². The lowest BCUT2D eigenvalue weighted by Crippen LogP contribution is -2.37. The number of aromatic amines is 1. The molecular weight excluding hydrogens is 314 g/mol. The van der Waals surface area contributed by atoms with Crippen LogP contribution in [0.25, 0.3) is 0 Å². The van der Waals surface area contributed by atoms with Gasteiger partial charge in [-0.2, -0.15) is 0 Å². The highest BCUT2D eigenvalue weighted by molar-refractivity contribution is 5.93. The zero-order valence-corrected chi connectivity index (χ0v) is 14.9. The van der Waals surface area contributed by atoms with Crippen molar-refractivity contribution in [1.29, 1.82) is 0 Å². The minimum absolute atomic E-state index is 0.168. The summed E-state index contributed by atoms with van der Waals surface area (Å²) in [6, 6.07) is 9.90. The fourth-order valence-corrected chi connectivity index (χ4v) is 3.27. The van der Waals surface area contributed by atoms with Gasteiger partial charge in [-0.3, -0.25) is 14.5 Å². The van der Waals surface area contributed by atoms with Gasteiger partial charge in [0.05, 0.1) is 0 Å². The number of carbonyl (C=O) groups is 1. The molecule has 1 aliphatic heterocycles. The van der Waals surface area contributed by atoms with Crippen LogP contribution >= 0.6 is 0 Å². The van der Waals surface area contributed by atoms with Crippen LogP contribution in [0.3, 0.4) is 0 Å². The lowest BCUT2D eigenvalue weighted by atomic mass is 10.1. The Labute approximate surface area is 148 Å². The molecule has 132 valence electrons. The molecule has 1 fully saturated rings. The fraction of sp³-hybridized carbons (Fsp3) is 0.400. The maximum absolute atomic E-state index is 12.7. The maximum atomic E-state index is 12.7. The molecule has 0 unspecified atom stereocenters. The van der Waals surface area contributed by atoms with Crippen molar-refractivity contribution in [3.8, 4) is 0 Å². The number of nitrogens with one attached hydrogen (secondary N) is 1. The third-order valence-corrected chi connectivity index (χ3v) is 4.82. The van der Waals surface area contributed by atoms with Gasteiger partial charge >= 0.3 is 0 Å². The van der Waals surface area contributed by atoms with E-state index in [2.05, 4.69) is 41.1 Å². The van der Waals surface area contributed by atoms with Gasteiger partial charge in [-0.15, -0.1) is 0 Å². The molecule has 0 spiro atoms. The summed E-state index contributed by atoms with van der Waals surface area (Å²) >= 11 is 0. The number of nitrogens with zero attached hydrogens (tertiary/aromatic N) is 2. The molecule has 2 aromatic rings. The Morgan fingerprint density at radius 1 is 1.12 bits per heavy atom. The van der Waals surface area contributed by atoms with Gasteiger partial charge < -0.3 is 9.88 Å². The van der Waals surface area contributed by atoms with E-state index in [0.717, 1.165) is 31.7 Å². The van der Waals surface area contributed by atoms with Crippen LogP contribution in [0.5, 0.6) is 0 Å². The molecule has 0 aliphatic carbocycles. The van der Waals surface area contributed by atoms with Crippen LogP contribution in [0.2, 0.25) is 0 Å². The number of rotatable bonds is 3. The van der Waals surface area contributed by atoms with Crippen molar-refractivity contribution in [3.05, 3.63) is 69.1 Å². The molecule has 1 aromatic heterocycles. The lowest BCUT2D eigenvalue weighted by molar-refractivity contribution is 0.0759. The van der Waals surface area contributed by atoms with Crippen molar-refractivity contribution >= 4 is 5.91 Å². The standard InChI is InChI=1S/C20H25N3O2/c1-15-6-3-4-7-17(15)14-22-8-5-9-23(11-10-22)20(25)18-13-21-16(2)12-19(18)24/h3-4,6-7,12-13H,5,8-11,14H2,1-2H3,(H,21,24). The number of benzene rings is 1. The minimum atomic E-state index is -0.206. The van der Waals surface area contributed by atoms with Gasteiger partial charge in [0.1, 0.15) is 5.56 Å². The Hall–Kier alpha value is -2.40. The van der Waals surface area contributed by atoms with E-state index in [9.17, 15) is 9.59 Å². The second-order valence-corrected chi connectivity index (χ2v) is 6.74.